The summed E-state index contributed by atoms with van der Waals surface area (Å²) >= 11 is 0. The van der Waals surface area contributed by atoms with Crippen LogP contribution in [0, 0.1) is 13.8 Å². The lowest BCUT2D eigenvalue weighted by Crippen LogP contribution is -2.33. The molecule has 0 N–H and O–H groups in total. The molecule has 140 valence electrons. The number of aryl methyl sites for hydroxylation is 2. The van der Waals surface area contributed by atoms with E-state index in [0.717, 1.165) is 11.5 Å². The van der Waals surface area contributed by atoms with Crippen molar-refractivity contribution >= 4 is 21.7 Å². The average Bonchev–Trinajstić information content (AvgIpc) is 2.64. The van der Waals surface area contributed by atoms with Crippen LogP contribution in [-0.4, -0.2) is 0 Å². The number of rotatable bonds is 0. The molecular weight excluding hydrogens is 342 g/mol. The van der Waals surface area contributed by atoms with Gasteiger partial charge in [-0.25, -0.2) is 0 Å². The van der Waals surface area contributed by atoms with Gasteiger partial charge >= 0.3 is 0 Å². The van der Waals surface area contributed by atoms with Gasteiger partial charge in [-0.3, -0.25) is 0 Å². The second-order valence-electron chi connectivity index (χ2n) is 9.09. The van der Waals surface area contributed by atoms with Gasteiger partial charge in [0, 0.05) is 17.5 Å². The topological polar surface area (TPSA) is 13.1 Å². The molecule has 4 aromatic rings. The molecule has 0 spiro atoms. The quantitative estimate of drug-likeness (QED) is 0.284. The Morgan fingerprint density at radius 1 is 0.857 bits per heavy atom. The van der Waals surface area contributed by atoms with E-state index in [1.165, 1.54) is 49.6 Å². The molecule has 2 heterocycles. The molecule has 0 aliphatic carbocycles. The standard InChI is InChI=1S/C26H26NO/c1-15-12-17-8-7-9-21-24(17)23(16(15)2)25-22(28-21)14-18-13-19(26(3,4)5)10-11-20(18)27(25)6/h7-14H,1-6H3/q+1. The minimum Gasteiger partial charge on any atom is -0.450 e. The van der Waals surface area contributed by atoms with Crippen LogP contribution < -0.4 is 9.30 Å². The Balaban J connectivity index is 1.91. The maximum atomic E-state index is 6.44. The summed E-state index contributed by atoms with van der Waals surface area (Å²) in [6.45, 7) is 11.2. The molecule has 0 fully saturated rings. The molecule has 0 saturated heterocycles. The van der Waals surface area contributed by atoms with Crippen LogP contribution in [0.5, 0.6) is 11.5 Å². The zero-order valence-corrected chi connectivity index (χ0v) is 17.5. The van der Waals surface area contributed by atoms with Gasteiger partial charge in [0.25, 0.3) is 5.69 Å². The van der Waals surface area contributed by atoms with E-state index in [1.807, 2.05) is 0 Å². The lowest BCUT2D eigenvalue weighted by Gasteiger charge is -2.23. The van der Waals surface area contributed by atoms with Gasteiger partial charge < -0.3 is 4.74 Å². The summed E-state index contributed by atoms with van der Waals surface area (Å²) in [5.74, 6) is 1.89. The van der Waals surface area contributed by atoms with E-state index < -0.39 is 0 Å². The minimum absolute atomic E-state index is 0.120. The van der Waals surface area contributed by atoms with E-state index in [2.05, 4.69) is 94.8 Å². The number of pyridine rings is 1. The van der Waals surface area contributed by atoms with Gasteiger partial charge in [-0.15, -0.1) is 0 Å². The molecule has 2 heteroatoms. The molecule has 1 aromatic heterocycles. The second kappa shape index (κ2) is 5.57. The van der Waals surface area contributed by atoms with Crippen molar-refractivity contribution in [2.45, 2.75) is 40.0 Å². The number of fused-ring (bicyclic) bond motifs is 3. The Kier molecular flexibility index (Phi) is 3.43. The molecule has 5 rings (SSSR count). The summed E-state index contributed by atoms with van der Waals surface area (Å²) in [5.41, 5.74) is 7.79. The Morgan fingerprint density at radius 3 is 2.39 bits per heavy atom. The molecule has 1 aliphatic heterocycles. The summed E-state index contributed by atoms with van der Waals surface area (Å²) in [7, 11) is 2.16. The monoisotopic (exact) mass is 368 g/mol. The van der Waals surface area contributed by atoms with E-state index in [9.17, 15) is 0 Å². The van der Waals surface area contributed by atoms with E-state index in [1.54, 1.807) is 0 Å². The first-order valence-corrected chi connectivity index (χ1v) is 9.94. The van der Waals surface area contributed by atoms with E-state index in [-0.39, 0.29) is 5.41 Å². The van der Waals surface area contributed by atoms with Crippen LogP contribution >= 0.6 is 0 Å². The van der Waals surface area contributed by atoms with Gasteiger partial charge in [-0.1, -0.05) is 45.0 Å². The summed E-state index contributed by atoms with van der Waals surface area (Å²) < 4.78 is 8.74. The van der Waals surface area contributed by atoms with E-state index in [0.29, 0.717) is 0 Å². The lowest BCUT2D eigenvalue weighted by molar-refractivity contribution is -0.633. The van der Waals surface area contributed by atoms with Gasteiger partial charge in [-0.05, 0) is 53.5 Å². The fourth-order valence-corrected chi connectivity index (χ4v) is 4.47. The highest BCUT2D eigenvalue weighted by Gasteiger charge is 2.31. The number of hydrogen-bond acceptors (Lipinski definition) is 1. The smallest absolute Gasteiger partial charge is 0.256 e. The zero-order chi connectivity index (χ0) is 19.8. The first kappa shape index (κ1) is 17.2. The summed E-state index contributed by atoms with van der Waals surface area (Å²) in [4.78, 5) is 0. The highest BCUT2D eigenvalue weighted by molar-refractivity contribution is 6.05. The van der Waals surface area contributed by atoms with Crippen LogP contribution in [0.4, 0.5) is 0 Å². The van der Waals surface area contributed by atoms with Crippen LogP contribution in [0.3, 0.4) is 0 Å². The second-order valence-corrected chi connectivity index (χ2v) is 9.09. The number of hydrogen-bond donors (Lipinski definition) is 0. The first-order valence-electron chi connectivity index (χ1n) is 9.94. The highest BCUT2D eigenvalue weighted by atomic mass is 16.5. The highest BCUT2D eigenvalue weighted by Crippen LogP contribution is 2.47. The molecule has 0 unspecified atom stereocenters. The lowest BCUT2D eigenvalue weighted by atomic mass is 9.86. The Labute approximate surface area is 166 Å². The number of nitrogens with zero attached hydrogens (tertiary/aromatic N) is 1. The molecule has 0 atom stereocenters. The molecule has 2 nitrogen and oxygen atoms in total. The predicted molar refractivity (Wildman–Crippen MR) is 116 cm³/mol. The van der Waals surface area contributed by atoms with Crippen molar-refractivity contribution in [3.05, 3.63) is 65.2 Å². The maximum Gasteiger partial charge on any atom is 0.256 e. The van der Waals surface area contributed by atoms with Gasteiger partial charge in [0.05, 0.1) is 10.9 Å². The number of benzene rings is 3. The van der Waals surface area contributed by atoms with Crippen molar-refractivity contribution < 1.29 is 9.30 Å². The normalized spacial score (nSPS) is 12.9. The largest absolute Gasteiger partial charge is 0.450 e. The molecule has 0 amide bonds. The molecule has 0 saturated carbocycles. The van der Waals surface area contributed by atoms with Crippen molar-refractivity contribution in [2.24, 2.45) is 7.05 Å². The SMILES string of the molecule is Cc1cc2cccc3c2c(c1C)-c1c(cc2cc(C(C)(C)C)ccc2[n+]1C)O3. The fourth-order valence-electron chi connectivity index (χ4n) is 4.47. The third-order valence-electron chi connectivity index (χ3n) is 6.21. The molecule has 28 heavy (non-hydrogen) atoms. The molecule has 1 aliphatic rings. The third kappa shape index (κ3) is 2.30. The Hall–Kier alpha value is -2.87. The van der Waals surface area contributed by atoms with Crippen molar-refractivity contribution in [3.63, 3.8) is 0 Å². The molecule has 0 radical (unpaired) electrons. The average molecular weight is 369 g/mol. The van der Waals surface area contributed by atoms with Crippen LogP contribution in [0.25, 0.3) is 32.9 Å². The van der Waals surface area contributed by atoms with Crippen molar-refractivity contribution in [2.75, 3.05) is 0 Å². The fraction of sp³-hybridized carbons (Fsp3) is 0.269. The van der Waals surface area contributed by atoms with Crippen LogP contribution in [0.2, 0.25) is 0 Å². The summed E-state index contributed by atoms with van der Waals surface area (Å²) in [6.07, 6.45) is 0. The van der Waals surface area contributed by atoms with Crippen LogP contribution in [-0.2, 0) is 12.5 Å². The molecule has 0 bridgehead atoms. The van der Waals surface area contributed by atoms with E-state index in [4.69, 9.17) is 4.74 Å². The van der Waals surface area contributed by atoms with Crippen LogP contribution in [0.1, 0.15) is 37.5 Å². The van der Waals surface area contributed by atoms with Crippen LogP contribution in [0.15, 0.2) is 48.5 Å². The maximum absolute atomic E-state index is 6.44. The van der Waals surface area contributed by atoms with Gasteiger partial charge in [0.2, 0.25) is 5.52 Å². The van der Waals surface area contributed by atoms with E-state index >= 15 is 0 Å². The molecular formula is C26H26NO+. The zero-order valence-electron chi connectivity index (χ0n) is 17.5. The van der Waals surface area contributed by atoms with Gasteiger partial charge in [-0.2, -0.15) is 4.57 Å². The van der Waals surface area contributed by atoms with Crippen molar-refractivity contribution in [3.8, 4) is 22.8 Å². The summed E-state index contributed by atoms with van der Waals surface area (Å²) in [5, 5.41) is 3.68. The van der Waals surface area contributed by atoms with Crippen molar-refractivity contribution in [1.82, 2.24) is 0 Å². The third-order valence-corrected chi connectivity index (χ3v) is 6.21. The number of aromatic nitrogens is 1. The first-order chi connectivity index (χ1) is 13.3. The van der Waals surface area contributed by atoms with Gasteiger partial charge in [0.15, 0.2) is 5.75 Å². The van der Waals surface area contributed by atoms with Gasteiger partial charge in [0.1, 0.15) is 12.8 Å². The Morgan fingerprint density at radius 2 is 1.64 bits per heavy atom. The predicted octanol–water partition coefficient (Wildman–Crippen LogP) is 6.50. The van der Waals surface area contributed by atoms with Crippen molar-refractivity contribution in [1.29, 1.82) is 0 Å². The number of ether oxygens (including phenoxy) is 1. The summed E-state index contributed by atoms with van der Waals surface area (Å²) in [6, 6.07) is 17.6. The molecule has 3 aromatic carbocycles. The minimum atomic E-state index is 0.120. The Bertz CT molecular complexity index is 1290.